The number of ether oxygens (including phenoxy) is 2. The summed E-state index contributed by atoms with van der Waals surface area (Å²) in [4.78, 5) is 17.1. The molecule has 1 aliphatic rings. The van der Waals surface area contributed by atoms with Crippen LogP contribution in [0.25, 0.3) is 0 Å². The summed E-state index contributed by atoms with van der Waals surface area (Å²) in [5.74, 6) is 6.98. The van der Waals surface area contributed by atoms with Crippen molar-refractivity contribution in [3.05, 3.63) is 0 Å². The van der Waals surface area contributed by atoms with Crippen molar-refractivity contribution in [1.82, 2.24) is 15.0 Å². The standard InChI is InChI=1S/C12H23N7O2/c1-3-20-7-4-18(2)11-14-10(17-13)15-12(16-11)19-5-8-21-9-6-19/h3-9,13H2,1-2H3,(H,14,15,16,17). The number of hydrogen-bond donors (Lipinski definition) is 2. The summed E-state index contributed by atoms with van der Waals surface area (Å²) in [5.41, 5.74) is 2.49. The molecule has 2 heterocycles. The third kappa shape index (κ3) is 4.38. The first-order chi connectivity index (χ1) is 10.2. The average molecular weight is 297 g/mol. The van der Waals surface area contributed by atoms with Gasteiger partial charge in [0.25, 0.3) is 0 Å². The Bertz CT molecular complexity index is 440. The maximum atomic E-state index is 5.45. The molecule has 9 heteroatoms. The predicted octanol–water partition coefficient (Wildman–Crippen LogP) is -0.533. The summed E-state index contributed by atoms with van der Waals surface area (Å²) in [5, 5.41) is 0. The van der Waals surface area contributed by atoms with Gasteiger partial charge in [-0.15, -0.1) is 0 Å². The van der Waals surface area contributed by atoms with Crippen LogP contribution >= 0.6 is 0 Å². The minimum absolute atomic E-state index is 0.352. The maximum Gasteiger partial charge on any atom is 0.243 e. The minimum Gasteiger partial charge on any atom is -0.380 e. The van der Waals surface area contributed by atoms with Crippen LogP contribution in [0.2, 0.25) is 0 Å². The van der Waals surface area contributed by atoms with Gasteiger partial charge in [-0.3, -0.25) is 5.43 Å². The molecule has 0 aliphatic carbocycles. The lowest BCUT2D eigenvalue weighted by Gasteiger charge is -2.27. The number of likely N-dealkylation sites (N-methyl/N-ethyl adjacent to an activating group) is 1. The molecule has 0 saturated carbocycles. The van der Waals surface area contributed by atoms with E-state index in [1.54, 1.807) is 0 Å². The van der Waals surface area contributed by atoms with Crippen molar-refractivity contribution in [3.8, 4) is 0 Å². The molecule has 0 unspecified atom stereocenters. The average Bonchev–Trinajstić information content (AvgIpc) is 2.55. The number of morpholine rings is 1. The molecule has 1 fully saturated rings. The molecular formula is C12H23N7O2. The number of hydrogen-bond acceptors (Lipinski definition) is 9. The van der Waals surface area contributed by atoms with E-state index in [9.17, 15) is 0 Å². The van der Waals surface area contributed by atoms with Gasteiger partial charge >= 0.3 is 0 Å². The van der Waals surface area contributed by atoms with Crippen molar-refractivity contribution in [3.63, 3.8) is 0 Å². The Morgan fingerprint density at radius 3 is 2.76 bits per heavy atom. The smallest absolute Gasteiger partial charge is 0.243 e. The lowest BCUT2D eigenvalue weighted by molar-refractivity contribution is 0.122. The number of anilines is 3. The number of nitrogens with one attached hydrogen (secondary N) is 1. The monoisotopic (exact) mass is 297 g/mol. The topological polar surface area (TPSA) is 102 Å². The molecule has 9 nitrogen and oxygen atoms in total. The zero-order valence-corrected chi connectivity index (χ0v) is 12.6. The Morgan fingerprint density at radius 2 is 2.10 bits per heavy atom. The van der Waals surface area contributed by atoms with Crippen LogP contribution in [-0.2, 0) is 9.47 Å². The third-order valence-corrected chi connectivity index (χ3v) is 3.15. The Hall–Kier alpha value is -1.71. The highest BCUT2D eigenvalue weighted by Crippen LogP contribution is 2.16. The van der Waals surface area contributed by atoms with E-state index >= 15 is 0 Å². The first kappa shape index (κ1) is 15.7. The third-order valence-electron chi connectivity index (χ3n) is 3.15. The second-order valence-electron chi connectivity index (χ2n) is 4.62. The molecule has 1 aromatic heterocycles. The van der Waals surface area contributed by atoms with Crippen LogP contribution in [0.15, 0.2) is 0 Å². The molecular weight excluding hydrogens is 274 g/mol. The lowest BCUT2D eigenvalue weighted by Crippen LogP contribution is -2.38. The lowest BCUT2D eigenvalue weighted by atomic mass is 10.4. The van der Waals surface area contributed by atoms with E-state index in [-0.39, 0.29) is 0 Å². The largest absolute Gasteiger partial charge is 0.380 e. The summed E-state index contributed by atoms with van der Waals surface area (Å²) in [6, 6.07) is 0. The van der Waals surface area contributed by atoms with Crippen molar-refractivity contribution < 1.29 is 9.47 Å². The molecule has 1 saturated heterocycles. The van der Waals surface area contributed by atoms with E-state index in [2.05, 4.69) is 25.3 Å². The summed E-state index contributed by atoms with van der Waals surface area (Å²) >= 11 is 0. The van der Waals surface area contributed by atoms with Gasteiger partial charge in [0.05, 0.1) is 19.8 Å². The van der Waals surface area contributed by atoms with E-state index in [4.69, 9.17) is 15.3 Å². The van der Waals surface area contributed by atoms with Gasteiger partial charge in [0, 0.05) is 33.3 Å². The summed E-state index contributed by atoms with van der Waals surface area (Å²) in [6.07, 6.45) is 0. The van der Waals surface area contributed by atoms with E-state index in [0.717, 1.165) is 13.1 Å². The molecule has 0 bridgehead atoms. The summed E-state index contributed by atoms with van der Waals surface area (Å²) in [7, 11) is 1.91. The van der Waals surface area contributed by atoms with Gasteiger partial charge < -0.3 is 19.3 Å². The van der Waals surface area contributed by atoms with E-state index in [0.29, 0.717) is 50.8 Å². The van der Waals surface area contributed by atoms with E-state index in [1.807, 2.05) is 18.9 Å². The Morgan fingerprint density at radius 1 is 1.33 bits per heavy atom. The maximum absolute atomic E-state index is 5.45. The zero-order chi connectivity index (χ0) is 15.1. The molecule has 0 spiro atoms. The van der Waals surface area contributed by atoms with Gasteiger partial charge in [0.1, 0.15) is 0 Å². The number of nitrogens with two attached hydrogens (primary N) is 1. The van der Waals surface area contributed by atoms with Crippen LogP contribution in [0.5, 0.6) is 0 Å². The predicted molar refractivity (Wildman–Crippen MR) is 80.4 cm³/mol. The van der Waals surface area contributed by atoms with Crippen molar-refractivity contribution >= 4 is 17.8 Å². The molecule has 0 aromatic carbocycles. The molecule has 2 rings (SSSR count). The van der Waals surface area contributed by atoms with Gasteiger partial charge in [-0.05, 0) is 6.92 Å². The Labute approximate surface area is 124 Å². The van der Waals surface area contributed by atoms with Crippen LogP contribution in [0.3, 0.4) is 0 Å². The van der Waals surface area contributed by atoms with E-state index in [1.165, 1.54) is 0 Å². The number of nitrogen functional groups attached to an aromatic ring is 1. The minimum atomic E-state index is 0.352. The van der Waals surface area contributed by atoms with Crippen LogP contribution < -0.4 is 21.1 Å². The van der Waals surface area contributed by atoms with Crippen LogP contribution in [0, 0.1) is 0 Å². The highest BCUT2D eigenvalue weighted by Gasteiger charge is 2.17. The quantitative estimate of drug-likeness (QED) is 0.390. The molecule has 1 aliphatic heterocycles. The molecule has 1 aromatic rings. The fourth-order valence-electron chi connectivity index (χ4n) is 1.94. The second-order valence-corrected chi connectivity index (χ2v) is 4.62. The van der Waals surface area contributed by atoms with Crippen LogP contribution in [0.4, 0.5) is 17.8 Å². The molecule has 0 atom stereocenters. The van der Waals surface area contributed by atoms with Crippen molar-refractivity contribution in [2.75, 3.05) is 68.3 Å². The molecule has 0 amide bonds. The molecule has 3 N–H and O–H groups in total. The van der Waals surface area contributed by atoms with Crippen LogP contribution in [-0.4, -0.2) is 68.1 Å². The Balaban J connectivity index is 2.12. The zero-order valence-electron chi connectivity index (χ0n) is 12.6. The highest BCUT2D eigenvalue weighted by molar-refractivity contribution is 5.44. The van der Waals surface area contributed by atoms with Crippen molar-refractivity contribution in [2.24, 2.45) is 5.84 Å². The first-order valence-corrected chi connectivity index (χ1v) is 7.09. The number of hydrazine groups is 1. The summed E-state index contributed by atoms with van der Waals surface area (Å²) < 4.78 is 10.7. The van der Waals surface area contributed by atoms with Gasteiger partial charge in [-0.1, -0.05) is 0 Å². The van der Waals surface area contributed by atoms with Gasteiger partial charge in [-0.25, -0.2) is 5.84 Å². The van der Waals surface area contributed by atoms with Crippen molar-refractivity contribution in [1.29, 1.82) is 0 Å². The fourth-order valence-corrected chi connectivity index (χ4v) is 1.94. The fraction of sp³-hybridized carbons (Fsp3) is 0.750. The first-order valence-electron chi connectivity index (χ1n) is 7.09. The normalized spacial score (nSPS) is 15.1. The van der Waals surface area contributed by atoms with Gasteiger partial charge in [0.2, 0.25) is 17.8 Å². The Kier molecular flexibility index (Phi) is 5.90. The summed E-state index contributed by atoms with van der Waals surface area (Å²) in [6.45, 7) is 6.85. The van der Waals surface area contributed by atoms with Gasteiger partial charge in [0.15, 0.2) is 0 Å². The molecule has 21 heavy (non-hydrogen) atoms. The molecule has 118 valence electrons. The van der Waals surface area contributed by atoms with E-state index < -0.39 is 0 Å². The highest BCUT2D eigenvalue weighted by atomic mass is 16.5. The van der Waals surface area contributed by atoms with Crippen molar-refractivity contribution in [2.45, 2.75) is 6.92 Å². The van der Waals surface area contributed by atoms with Crippen LogP contribution in [0.1, 0.15) is 6.92 Å². The number of rotatable bonds is 7. The number of aromatic nitrogens is 3. The SMILES string of the molecule is CCOCCN(C)c1nc(NN)nc(N2CCOCC2)n1. The number of nitrogens with zero attached hydrogens (tertiary/aromatic N) is 5. The second kappa shape index (κ2) is 7.91. The van der Waals surface area contributed by atoms with Gasteiger partial charge in [-0.2, -0.15) is 15.0 Å². The molecule has 0 radical (unpaired) electrons.